The Kier molecular flexibility index (Phi) is 7.17. The first-order valence-electron chi connectivity index (χ1n) is 9.51. The predicted molar refractivity (Wildman–Crippen MR) is 115 cm³/mol. The molecule has 0 aromatic heterocycles. The largest absolute Gasteiger partial charge is 0.508 e. The van der Waals surface area contributed by atoms with E-state index in [4.69, 9.17) is 5.11 Å². The van der Waals surface area contributed by atoms with Gasteiger partial charge in [-0.2, -0.15) is 9.41 Å². The molecule has 1 fully saturated rings. The number of rotatable bonds is 8. The van der Waals surface area contributed by atoms with E-state index in [0.717, 1.165) is 6.07 Å². The van der Waals surface area contributed by atoms with Gasteiger partial charge in [-0.1, -0.05) is 0 Å². The van der Waals surface area contributed by atoms with E-state index in [1.54, 1.807) is 12.1 Å². The standard InChI is InChI=1S/C19H23N5O6S/c25-12-11-22-7-9-23(10-8-22)31(29,30)19-13-16(24(27)28)3-6-18(19)21-20-14-15-1-4-17(26)5-2-15/h1-6,13-14,21,25-26H,7-12H2/b20-14-. The summed E-state index contributed by atoms with van der Waals surface area (Å²) in [5, 5.41) is 33.6. The second kappa shape index (κ2) is 9.83. The van der Waals surface area contributed by atoms with Crippen molar-refractivity contribution in [1.82, 2.24) is 9.21 Å². The number of phenolic OH excluding ortho intramolecular Hbond substituents is 1. The van der Waals surface area contributed by atoms with Crippen LogP contribution in [0.15, 0.2) is 52.5 Å². The minimum Gasteiger partial charge on any atom is -0.508 e. The Morgan fingerprint density at radius 2 is 1.81 bits per heavy atom. The van der Waals surface area contributed by atoms with Gasteiger partial charge in [-0.15, -0.1) is 0 Å². The molecule has 2 aromatic carbocycles. The van der Waals surface area contributed by atoms with Gasteiger partial charge < -0.3 is 10.2 Å². The fraction of sp³-hybridized carbons (Fsp3) is 0.316. The van der Waals surface area contributed by atoms with Crippen molar-refractivity contribution in [2.24, 2.45) is 5.10 Å². The molecule has 1 heterocycles. The van der Waals surface area contributed by atoms with Crippen LogP contribution >= 0.6 is 0 Å². The lowest BCUT2D eigenvalue weighted by Crippen LogP contribution is -2.49. The van der Waals surface area contributed by atoms with E-state index in [1.807, 2.05) is 4.90 Å². The van der Waals surface area contributed by atoms with E-state index < -0.39 is 14.9 Å². The Bertz CT molecular complexity index is 1050. The molecule has 0 saturated carbocycles. The van der Waals surface area contributed by atoms with Crippen LogP contribution in [0.5, 0.6) is 5.75 Å². The Labute approximate surface area is 179 Å². The fourth-order valence-corrected chi connectivity index (χ4v) is 4.72. The first kappa shape index (κ1) is 22.6. The molecule has 1 aliphatic rings. The second-order valence-corrected chi connectivity index (χ2v) is 8.77. The molecule has 1 saturated heterocycles. The van der Waals surface area contributed by atoms with Gasteiger partial charge >= 0.3 is 0 Å². The van der Waals surface area contributed by atoms with Crippen LogP contribution < -0.4 is 5.43 Å². The third-order valence-corrected chi connectivity index (χ3v) is 6.77. The van der Waals surface area contributed by atoms with Gasteiger partial charge in [-0.25, -0.2) is 8.42 Å². The van der Waals surface area contributed by atoms with E-state index in [1.165, 1.54) is 34.8 Å². The maximum Gasteiger partial charge on any atom is 0.270 e. The average molecular weight is 449 g/mol. The van der Waals surface area contributed by atoms with E-state index in [2.05, 4.69) is 10.5 Å². The second-order valence-electron chi connectivity index (χ2n) is 6.87. The zero-order valence-corrected chi connectivity index (χ0v) is 17.4. The highest BCUT2D eigenvalue weighted by Gasteiger charge is 2.31. The number of aliphatic hydroxyl groups is 1. The number of anilines is 1. The summed E-state index contributed by atoms with van der Waals surface area (Å²) in [6.07, 6.45) is 1.44. The quantitative estimate of drug-likeness (QED) is 0.308. The van der Waals surface area contributed by atoms with E-state index in [9.17, 15) is 23.6 Å². The molecule has 0 atom stereocenters. The number of nitro benzene ring substituents is 1. The minimum absolute atomic E-state index is 0.00919. The minimum atomic E-state index is -4.02. The average Bonchev–Trinajstić information content (AvgIpc) is 2.76. The molecule has 0 amide bonds. The topological polar surface area (TPSA) is 149 Å². The number of aliphatic hydroxyl groups excluding tert-OH is 1. The van der Waals surface area contributed by atoms with Crippen LogP contribution in [0.25, 0.3) is 0 Å². The van der Waals surface area contributed by atoms with Crippen LogP contribution in [0.1, 0.15) is 5.56 Å². The number of aromatic hydroxyl groups is 1. The van der Waals surface area contributed by atoms with Crippen molar-refractivity contribution in [1.29, 1.82) is 0 Å². The van der Waals surface area contributed by atoms with Crippen molar-refractivity contribution in [3.8, 4) is 5.75 Å². The van der Waals surface area contributed by atoms with Crippen molar-refractivity contribution < 1.29 is 23.6 Å². The van der Waals surface area contributed by atoms with Crippen molar-refractivity contribution in [3.63, 3.8) is 0 Å². The van der Waals surface area contributed by atoms with Gasteiger partial charge in [0.05, 0.1) is 23.4 Å². The number of non-ortho nitro benzene ring substituents is 1. The number of hydrogen-bond acceptors (Lipinski definition) is 9. The molecule has 11 nitrogen and oxygen atoms in total. The van der Waals surface area contributed by atoms with Crippen LogP contribution in [0, 0.1) is 10.1 Å². The molecule has 3 N–H and O–H groups in total. The number of β-amino-alcohol motifs (C(OH)–C–C–N with tert-alkyl or cyclic N) is 1. The highest BCUT2D eigenvalue weighted by Crippen LogP contribution is 2.29. The molecule has 2 aromatic rings. The molecule has 1 aliphatic heterocycles. The zero-order valence-electron chi connectivity index (χ0n) is 16.6. The van der Waals surface area contributed by atoms with Crippen molar-refractivity contribution in [2.75, 3.05) is 44.8 Å². The van der Waals surface area contributed by atoms with Crippen LogP contribution in [-0.4, -0.2) is 78.3 Å². The number of hydrazone groups is 1. The first-order valence-corrected chi connectivity index (χ1v) is 10.9. The summed E-state index contributed by atoms with van der Waals surface area (Å²) < 4.78 is 27.7. The lowest BCUT2D eigenvalue weighted by Gasteiger charge is -2.33. The molecular weight excluding hydrogens is 426 g/mol. The Balaban J connectivity index is 1.85. The van der Waals surface area contributed by atoms with Crippen molar-refractivity contribution >= 4 is 27.6 Å². The SMILES string of the molecule is O=[N+]([O-])c1ccc(N/N=C\c2ccc(O)cc2)c(S(=O)(=O)N2CCN(CCO)CC2)c1. The summed E-state index contributed by atoms with van der Waals surface area (Å²) in [4.78, 5) is 12.3. The summed E-state index contributed by atoms with van der Waals surface area (Å²) in [6.45, 7) is 1.78. The molecule has 0 aliphatic carbocycles. The lowest BCUT2D eigenvalue weighted by molar-refractivity contribution is -0.385. The Hall–Kier alpha value is -3.06. The van der Waals surface area contributed by atoms with Gasteiger partial charge in [0.1, 0.15) is 10.6 Å². The summed E-state index contributed by atoms with van der Waals surface area (Å²) in [5.41, 5.74) is 3.08. The van der Waals surface area contributed by atoms with Crippen LogP contribution in [0.4, 0.5) is 11.4 Å². The lowest BCUT2D eigenvalue weighted by atomic mass is 10.2. The van der Waals surface area contributed by atoms with Crippen LogP contribution in [0.2, 0.25) is 0 Å². The highest BCUT2D eigenvalue weighted by molar-refractivity contribution is 7.89. The van der Waals surface area contributed by atoms with E-state index >= 15 is 0 Å². The van der Waals surface area contributed by atoms with Gasteiger partial charge in [0.15, 0.2) is 0 Å². The molecule has 12 heteroatoms. The van der Waals surface area contributed by atoms with Crippen molar-refractivity contribution in [3.05, 3.63) is 58.1 Å². The van der Waals surface area contributed by atoms with Crippen LogP contribution in [-0.2, 0) is 10.0 Å². The molecule has 0 unspecified atom stereocenters. The third-order valence-electron chi connectivity index (χ3n) is 4.83. The molecule has 31 heavy (non-hydrogen) atoms. The maximum absolute atomic E-state index is 13.2. The van der Waals surface area contributed by atoms with Gasteiger partial charge in [-0.05, 0) is 35.9 Å². The molecule has 3 rings (SSSR count). The Morgan fingerprint density at radius 1 is 1.13 bits per heavy atom. The van der Waals surface area contributed by atoms with Gasteiger partial charge in [0.2, 0.25) is 10.0 Å². The predicted octanol–water partition coefficient (Wildman–Crippen LogP) is 1.04. The number of sulfonamides is 1. The highest BCUT2D eigenvalue weighted by atomic mass is 32.2. The normalized spacial score (nSPS) is 15.9. The number of piperazine rings is 1. The summed E-state index contributed by atoms with van der Waals surface area (Å²) in [6, 6.07) is 9.75. The molecule has 166 valence electrons. The number of benzene rings is 2. The number of hydrogen-bond donors (Lipinski definition) is 3. The number of nitro groups is 1. The van der Waals surface area contributed by atoms with Gasteiger partial charge in [0, 0.05) is 44.9 Å². The van der Waals surface area contributed by atoms with Gasteiger partial charge in [0.25, 0.3) is 5.69 Å². The molecule has 0 bridgehead atoms. The van der Waals surface area contributed by atoms with E-state index in [-0.39, 0.29) is 41.7 Å². The molecule has 0 radical (unpaired) electrons. The van der Waals surface area contributed by atoms with Crippen molar-refractivity contribution in [2.45, 2.75) is 4.90 Å². The number of nitrogens with one attached hydrogen (secondary N) is 1. The first-order chi connectivity index (χ1) is 14.8. The van der Waals surface area contributed by atoms with Gasteiger partial charge in [-0.3, -0.25) is 20.4 Å². The number of nitrogens with zero attached hydrogens (tertiary/aromatic N) is 4. The fourth-order valence-electron chi connectivity index (χ4n) is 3.14. The molecular formula is C19H23N5O6S. The Morgan fingerprint density at radius 3 is 2.42 bits per heavy atom. The smallest absolute Gasteiger partial charge is 0.270 e. The number of phenols is 1. The van der Waals surface area contributed by atoms with Crippen LogP contribution in [0.3, 0.4) is 0 Å². The summed E-state index contributed by atoms with van der Waals surface area (Å²) in [5.74, 6) is 0.105. The summed E-state index contributed by atoms with van der Waals surface area (Å²) >= 11 is 0. The molecule has 0 spiro atoms. The third kappa shape index (κ3) is 5.55. The summed E-state index contributed by atoms with van der Waals surface area (Å²) in [7, 11) is -4.02. The monoisotopic (exact) mass is 449 g/mol. The van der Waals surface area contributed by atoms with E-state index in [0.29, 0.717) is 25.2 Å². The zero-order chi connectivity index (χ0) is 22.4. The maximum atomic E-state index is 13.2.